The van der Waals surface area contributed by atoms with Crippen LogP contribution in [0.2, 0.25) is 0 Å². The molecule has 1 aliphatic rings. The molecule has 1 aliphatic carbocycles. The van der Waals surface area contributed by atoms with Gasteiger partial charge in [0.25, 0.3) is 0 Å². The van der Waals surface area contributed by atoms with Gasteiger partial charge in [0.2, 0.25) is 0 Å². The quantitative estimate of drug-likeness (QED) is 0.774. The largest absolute Gasteiger partial charge is 0.303 e. The van der Waals surface area contributed by atoms with Crippen molar-refractivity contribution >= 4 is 0 Å². The topological polar surface area (TPSA) is 39.1 Å². The van der Waals surface area contributed by atoms with Gasteiger partial charge >= 0.3 is 0 Å². The van der Waals surface area contributed by atoms with Crippen LogP contribution in [0.3, 0.4) is 0 Å². The minimum atomic E-state index is -0.324. The van der Waals surface area contributed by atoms with Crippen molar-refractivity contribution in [2.24, 2.45) is 5.41 Å². The second-order valence-electron chi connectivity index (χ2n) is 7.28. The first-order chi connectivity index (χ1) is 9.38. The Labute approximate surface area is 125 Å². The van der Waals surface area contributed by atoms with Gasteiger partial charge in [0.1, 0.15) is 5.54 Å². The van der Waals surface area contributed by atoms with Gasteiger partial charge < -0.3 is 10.2 Å². The number of rotatable bonds is 7. The van der Waals surface area contributed by atoms with E-state index in [1.807, 2.05) is 7.05 Å². The molecule has 0 aromatic rings. The second kappa shape index (κ2) is 7.43. The Morgan fingerprint density at radius 3 is 2.40 bits per heavy atom. The maximum atomic E-state index is 9.32. The van der Waals surface area contributed by atoms with Gasteiger partial charge in [-0.15, -0.1) is 0 Å². The summed E-state index contributed by atoms with van der Waals surface area (Å²) in [5.41, 5.74) is 0.219. The van der Waals surface area contributed by atoms with Crippen molar-refractivity contribution in [3.63, 3.8) is 0 Å². The van der Waals surface area contributed by atoms with Crippen molar-refractivity contribution in [2.45, 2.75) is 77.3 Å². The van der Waals surface area contributed by atoms with Crippen molar-refractivity contribution in [3.05, 3.63) is 0 Å². The molecule has 1 atom stereocenters. The molecular weight excluding hydrogens is 246 g/mol. The monoisotopic (exact) mass is 279 g/mol. The van der Waals surface area contributed by atoms with Crippen LogP contribution in [0.1, 0.15) is 65.7 Å². The van der Waals surface area contributed by atoms with Gasteiger partial charge in [-0.1, -0.05) is 20.8 Å². The van der Waals surface area contributed by atoms with E-state index in [9.17, 15) is 5.26 Å². The summed E-state index contributed by atoms with van der Waals surface area (Å²) in [5.74, 6) is 0. The Hall–Kier alpha value is -0.590. The summed E-state index contributed by atoms with van der Waals surface area (Å²) in [7, 11) is 4.15. The zero-order valence-electron chi connectivity index (χ0n) is 14.1. The Balaban J connectivity index is 2.34. The molecule has 1 N–H and O–H groups in total. The van der Waals surface area contributed by atoms with Gasteiger partial charge in [0.05, 0.1) is 6.07 Å². The molecule has 1 fully saturated rings. The molecule has 1 unspecified atom stereocenters. The summed E-state index contributed by atoms with van der Waals surface area (Å²) in [4.78, 5) is 2.52. The number of nitrogens with zero attached hydrogens (tertiary/aromatic N) is 2. The molecule has 0 aromatic heterocycles. The van der Waals surface area contributed by atoms with Crippen molar-refractivity contribution in [3.8, 4) is 6.07 Å². The minimum Gasteiger partial charge on any atom is -0.303 e. The van der Waals surface area contributed by atoms with Crippen molar-refractivity contribution in [2.75, 3.05) is 20.6 Å². The van der Waals surface area contributed by atoms with E-state index in [1.54, 1.807) is 0 Å². The van der Waals surface area contributed by atoms with Gasteiger partial charge in [0, 0.05) is 6.04 Å². The summed E-state index contributed by atoms with van der Waals surface area (Å²) >= 11 is 0. The fourth-order valence-corrected chi connectivity index (χ4v) is 3.31. The standard InChI is InChI=1S/C17H33N3/c1-6-17(14-18,19-4)10-7-13-20(5)15-8-11-16(2,3)12-9-15/h15,19H,6-13H2,1-5H3. The molecule has 3 heteroatoms. The summed E-state index contributed by atoms with van der Waals surface area (Å²) < 4.78 is 0. The molecule has 0 bridgehead atoms. The highest BCUT2D eigenvalue weighted by Crippen LogP contribution is 2.36. The van der Waals surface area contributed by atoms with Crippen LogP contribution in [-0.2, 0) is 0 Å². The molecule has 0 spiro atoms. The molecule has 0 heterocycles. The third kappa shape index (κ3) is 4.75. The van der Waals surface area contributed by atoms with E-state index in [0.29, 0.717) is 5.41 Å². The number of nitriles is 1. The number of hydrogen-bond donors (Lipinski definition) is 1. The van der Waals surface area contributed by atoms with Gasteiger partial charge in [-0.25, -0.2) is 0 Å². The molecule has 0 aliphatic heterocycles. The fourth-order valence-electron chi connectivity index (χ4n) is 3.31. The zero-order chi connectivity index (χ0) is 15.2. The lowest BCUT2D eigenvalue weighted by Gasteiger charge is -2.39. The Kier molecular flexibility index (Phi) is 6.48. The first-order valence-corrected chi connectivity index (χ1v) is 8.18. The lowest BCUT2D eigenvalue weighted by molar-refractivity contribution is 0.124. The van der Waals surface area contributed by atoms with Gasteiger partial charge in [-0.05, 0) is 71.0 Å². The van der Waals surface area contributed by atoms with Crippen molar-refractivity contribution in [1.29, 1.82) is 5.26 Å². The van der Waals surface area contributed by atoms with Crippen molar-refractivity contribution < 1.29 is 0 Å². The molecule has 0 radical (unpaired) electrons. The molecule has 3 nitrogen and oxygen atoms in total. The van der Waals surface area contributed by atoms with Gasteiger partial charge in [-0.2, -0.15) is 5.26 Å². The van der Waals surface area contributed by atoms with E-state index >= 15 is 0 Å². The molecule has 0 aromatic carbocycles. The molecule has 1 saturated carbocycles. The Bertz CT molecular complexity index is 316. The first-order valence-electron chi connectivity index (χ1n) is 8.18. The van der Waals surface area contributed by atoms with E-state index in [1.165, 1.54) is 25.7 Å². The van der Waals surface area contributed by atoms with Crippen LogP contribution in [-0.4, -0.2) is 37.1 Å². The third-order valence-electron chi connectivity index (χ3n) is 5.34. The average molecular weight is 279 g/mol. The lowest BCUT2D eigenvalue weighted by Crippen LogP contribution is -2.42. The third-order valence-corrected chi connectivity index (χ3v) is 5.34. The minimum absolute atomic E-state index is 0.324. The van der Waals surface area contributed by atoms with E-state index in [-0.39, 0.29) is 5.54 Å². The maximum Gasteiger partial charge on any atom is 0.106 e. The predicted molar refractivity (Wildman–Crippen MR) is 85.6 cm³/mol. The second-order valence-corrected chi connectivity index (χ2v) is 7.28. The van der Waals surface area contributed by atoms with Gasteiger partial charge in [-0.3, -0.25) is 0 Å². The van der Waals surface area contributed by atoms with Crippen LogP contribution in [0.5, 0.6) is 0 Å². The van der Waals surface area contributed by atoms with E-state index in [0.717, 1.165) is 31.8 Å². The molecule has 0 saturated heterocycles. The highest BCUT2D eigenvalue weighted by Gasteiger charge is 2.29. The molecule has 0 amide bonds. The predicted octanol–water partition coefficient (Wildman–Crippen LogP) is 3.56. The molecule has 20 heavy (non-hydrogen) atoms. The van der Waals surface area contributed by atoms with Crippen LogP contribution >= 0.6 is 0 Å². The Morgan fingerprint density at radius 2 is 1.95 bits per heavy atom. The summed E-state index contributed by atoms with van der Waals surface area (Å²) in [6.07, 6.45) is 8.25. The van der Waals surface area contributed by atoms with Crippen LogP contribution in [0.4, 0.5) is 0 Å². The van der Waals surface area contributed by atoms with E-state index < -0.39 is 0 Å². The molecule has 116 valence electrons. The zero-order valence-corrected chi connectivity index (χ0v) is 14.1. The maximum absolute atomic E-state index is 9.32. The van der Waals surface area contributed by atoms with E-state index in [4.69, 9.17) is 0 Å². The summed E-state index contributed by atoms with van der Waals surface area (Å²) in [5, 5.41) is 12.5. The fraction of sp³-hybridized carbons (Fsp3) is 0.941. The highest BCUT2D eigenvalue weighted by molar-refractivity contribution is 5.05. The van der Waals surface area contributed by atoms with Crippen LogP contribution < -0.4 is 5.32 Å². The van der Waals surface area contributed by atoms with E-state index in [2.05, 4.69) is 44.1 Å². The smallest absolute Gasteiger partial charge is 0.106 e. The van der Waals surface area contributed by atoms with Crippen LogP contribution in [0.25, 0.3) is 0 Å². The summed E-state index contributed by atoms with van der Waals surface area (Å²) in [6.45, 7) is 7.97. The van der Waals surface area contributed by atoms with Crippen molar-refractivity contribution in [1.82, 2.24) is 10.2 Å². The first kappa shape index (κ1) is 17.5. The highest BCUT2D eigenvalue weighted by atomic mass is 15.1. The molecular formula is C17H33N3. The Morgan fingerprint density at radius 1 is 1.35 bits per heavy atom. The van der Waals surface area contributed by atoms with Crippen LogP contribution in [0.15, 0.2) is 0 Å². The van der Waals surface area contributed by atoms with Gasteiger partial charge in [0.15, 0.2) is 0 Å². The number of nitrogens with one attached hydrogen (secondary N) is 1. The average Bonchev–Trinajstić information content (AvgIpc) is 2.44. The van der Waals surface area contributed by atoms with Crippen LogP contribution in [0, 0.1) is 16.7 Å². The molecule has 1 rings (SSSR count). The summed E-state index contributed by atoms with van der Waals surface area (Å²) in [6, 6.07) is 3.20. The lowest BCUT2D eigenvalue weighted by atomic mass is 9.75. The normalized spacial score (nSPS) is 22.4. The number of hydrogen-bond acceptors (Lipinski definition) is 3. The SMILES string of the molecule is CCC(C#N)(CCCN(C)C1CCC(C)(C)CC1)NC.